The predicted molar refractivity (Wildman–Crippen MR) is 85.5 cm³/mol. The summed E-state index contributed by atoms with van der Waals surface area (Å²) in [7, 11) is 3.47. The van der Waals surface area contributed by atoms with E-state index in [4.69, 9.17) is 4.74 Å². The van der Waals surface area contributed by atoms with Gasteiger partial charge in [-0.25, -0.2) is 4.98 Å². The fourth-order valence-electron chi connectivity index (χ4n) is 2.99. The molecule has 5 nitrogen and oxygen atoms in total. The first-order valence-electron chi connectivity index (χ1n) is 7.57. The SMILES string of the molecule is CN=C(NCc1ccc(OC)nc1)N1CC(C)CC(C)C1. The lowest BCUT2D eigenvalue weighted by Gasteiger charge is -2.37. The minimum atomic E-state index is 0.641. The van der Waals surface area contributed by atoms with Crippen molar-refractivity contribution in [3.05, 3.63) is 23.9 Å². The highest BCUT2D eigenvalue weighted by Crippen LogP contribution is 2.20. The van der Waals surface area contributed by atoms with Gasteiger partial charge in [0.25, 0.3) is 0 Å². The van der Waals surface area contributed by atoms with E-state index in [1.165, 1.54) is 6.42 Å². The fourth-order valence-corrected chi connectivity index (χ4v) is 2.99. The zero-order valence-electron chi connectivity index (χ0n) is 13.5. The average Bonchev–Trinajstić information content (AvgIpc) is 2.47. The number of hydrogen-bond donors (Lipinski definition) is 1. The third-order valence-electron chi connectivity index (χ3n) is 3.84. The van der Waals surface area contributed by atoms with Gasteiger partial charge in [0.2, 0.25) is 5.88 Å². The quantitative estimate of drug-likeness (QED) is 0.684. The summed E-state index contributed by atoms with van der Waals surface area (Å²) in [4.78, 5) is 11.0. The van der Waals surface area contributed by atoms with E-state index >= 15 is 0 Å². The Bertz CT molecular complexity index is 462. The molecule has 1 N–H and O–H groups in total. The third kappa shape index (κ3) is 4.34. The number of hydrogen-bond acceptors (Lipinski definition) is 3. The van der Waals surface area contributed by atoms with Crippen molar-refractivity contribution in [2.75, 3.05) is 27.2 Å². The molecule has 116 valence electrons. The van der Waals surface area contributed by atoms with Crippen LogP contribution in [0.1, 0.15) is 25.8 Å². The van der Waals surface area contributed by atoms with Gasteiger partial charge < -0.3 is 15.0 Å². The molecule has 1 saturated heterocycles. The van der Waals surface area contributed by atoms with Crippen molar-refractivity contribution in [1.29, 1.82) is 0 Å². The van der Waals surface area contributed by atoms with Crippen LogP contribution >= 0.6 is 0 Å². The highest BCUT2D eigenvalue weighted by atomic mass is 16.5. The summed E-state index contributed by atoms with van der Waals surface area (Å²) in [5, 5.41) is 3.43. The molecule has 0 saturated carbocycles. The molecule has 1 aliphatic heterocycles. The second kappa shape index (κ2) is 7.29. The Balaban J connectivity index is 1.93. The Kier molecular flexibility index (Phi) is 5.42. The molecule has 2 rings (SSSR count). The van der Waals surface area contributed by atoms with Gasteiger partial charge in [0.15, 0.2) is 5.96 Å². The first-order valence-corrected chi connectivity index (χ1v) is 7.57. The number of methoxy groups -OCH3 is 1. The van der Waals surface area contributed by atoms with Gasteiger partial charge in [-0.2, -0.15) is 0 Å². The van der Waals surface area contributed by atoms with Crippen LogP contribution < -0.4 is 10.1 Å². The third-order valence-corrected chi connectivity index (χ3v) is 3.84. The molecule has 21 heavy (non-hydrogen) atoms. The van der Waals surface area contributed by atoms with Crippen molar-refractivity contribution in [2.24, 2.45) is 16.8 Å². The van der Waals surface area contributed by atoms with Crippen molar-refractivity contribution in [1.82, 2.24) is 15.2 Å². The smallest absolute Gasteiger partial charge is 0.212 e. The zero-order chi connectivity index (χ0) is 15.2. The second-order valence-electron chi connectivity index (χ2n) is 5.96. The Morgan fingerprint density at radius 1 is 1.38 bits per heavy atom. The Morgan fingerprint density at radius 3 is 2.62 bits per heavy atom. The number of guanidine groups is 1. The van der Waals surface area contributed by atoms with Gasteiger partial charge in [-0.15, -0.1) is 0 Å². The predicted octanol–water partition coefficient (Wildman–Crippen LogP) is 2.14. The van der Waals surface area contributed by atoms with Crippen molar-refractivity contribution < 1.29 is 4.74 Å². The maximum absolute atomic E-state index is 5.07. The number of aromatic nitrogens is 1. The fraction of sp³-hybridized carbons (Fsp3) is 0.625. The summed E-state index contributed by atoms with van der Waals surface area (Å²) in [5.74, 6) is 3.05. The van der Waals surface area contributed by atoms with Gasteiger partial charge >= 0.3 is 0 Å². The number of ether oxygens (including phenoxy) is 1. The summed E-state index contributed by atoms with van der Waals surface area (Å²) >= 11 is 0. The summed E-state index contributed by atoms with van der Waals surface area (Å²) in [6.45, 7) is 7.49. The van der Waals surface area contributed by atoms with E-state index in [-0.39, 0.29) is 0 Å². The minimum absolute atomic E-state index is 0.641. The second-order valence-corrected chi connectivity index (χ2v) is 5.96. The number of rotatable bonds is 3. The highest BCUT2D eigenvalue weighted by molar-refractivity contribution is 5.80. The number of likely N-dealkylation sites (tertiary alicyclic amines) is 1. The van der Waals surface area contributed by atoms with E-state index in [9.17, 15) is 0 Å². The Hall–Kier alpha value is -1.78. The van der Waals surface area contributed by atoms with E-state index in [1.54, 1.807) is 7.11 Å². The average molecular weight is 290 g/mol. The molecule has 0 aliphatic carbocycles. The first kappa shape index (κ1) is 15.6. The van der Waals surface area contributed by atoms with Crippen LogP contribution in [0, 0.1) is 11.8 Å². The van der Waals surface area contributed by atoms with Crippen LogP contribution in [0.4, 0.5) is 0 Å². The van der Waals surface area contributed by atoms with Crippen LogP contribution in [0.3, 0.4) is 0 Å². The largest absolute Gasteiger partial charge is 0.481 e. The van der Waals surface area contributed by atoms with Crippen molar-refractivity contribution in [3.8, 4) is 5.88 Å². The lowest BCUT2D eigenvalue weighted by molar-refractivity contribution is 0.208. The Labute approximate surface area is 127 Å². The van der Waals surface area contributed by atoms with Gasteiger partial charge in [0.1, 0.15) is 0 Å². The number of nitrogens with zero attached hydrogens (tertiary/aromatic N) is 3. The van der Waals surface area contributed by atoms with E-state index in [2.05, 4.69) is 34.0 Å². The summed E-state index contributed by atoms with van der Waals surface area (Å²) in [6, 6.07) is 3.90. The van der Waals surface area contributed by atoms with Gasteiger partial charge in [-0.05, 0) is 23.8 Å². The maximum Gasteiger partial charge on any atom is 0.212 e. The molecule has 0 spiro atoms. The molecule has 1 aliphatic rings. The molecule has 0 radical (unpaired) electrons. The van der Waals surface area contributed by atoms with E-state index in [0.29, 0.717) is 5.88 Å². The van der Waals surface area contributed by atoms with E-state index in [1.807, 2.05) is 25.4 Å². The number of piperidine rings is 1. The normalized spacial score (nSPS) is 23.0. The minimum Gasteiger partial charge on any atom is -0.481 e. The topological polar surface area (TPSA) is 49.8 Å². The summed E-state index contributed by atoms with van der Waals surface area (Å²) < 4.78 is 5.07. The molecular formula is C16H26N4O. The summed E-state index contributed by atoms with van der Waals surface area (Å²) in [5.41, 5.74) is 1.12. The molecule has 1 aromatic rings. The molecule has 0 aromatic carbocycles. The first-order chi connectivity index (χ1) is 10.1. The molecule has 1 aromatic heterocycles. The number of aliphatic imine (C=N–C) groups is 1. The monoisotopic (exact) mass is 290 g/mol. The van der Waals surface area contributed by atoms with Crippen LogP contribution in [0.2, 0.25) is 0 Å². The van der Waals surface area contributed by atoms with Gasteiger partial charge in [-0.3, -0.25) is 4.99 Å². The van der Waals surface area contributed by atoms with Crippen LogP contribution in [-0.4, -0.2) is 43.1 Å². The lowest BCUT2D eigenvalue weighted by atomic mass is 9.92. The van der Waals surface area contributed by atoms with Gasteiger partial charge in [0.05, 0.1) is 7.11 Å². The van der Waals surface area contributed by atoms with Gasteiger partial charge in [0, 0.05) is 38.9 Å². The molecule has 2 atom stereocenters. The number of nitrogens with one attached hydrogen (secondary N) is 1. The maximum atomic E-state index is 5.07. The molecule has 0 bridgehead atoms. The van der Waals surface area contributed by atoms with Crippen LogP contribution in [-0.2, 0) is 6.54 Å². The van der Waals surface area contributed by atoms with Crippen LogP contribution in [0.15, 0.2) is 23.3 Å². The van der Waals surface area contributed by atoms with Gasteiger partial charge in [-0.1, -0.05) is 19.9 Å². The number of pyridine rings is 1. The molecule has 2 heterocycles. The van der Waals surface area contributed by atoms with Crippen molar-refractivity contribution in [3.63, 3.8) is 0 Å². The summed E-state index contributed by atoms with van der Waals surface area (Å²) in [6.07, 6.45) is 3.14. The van der Waals surface area contributed by atoms with Crippen LogP contribution in [0.25, 0.3) is 0 Å². The van der Waals surface area contributed by atoms with E-state index in [0.717, 1.165) is 43.0 Å². The molecule has 2 unspecified atom stereocenters. The standard InChI is InChI=1S/C16H26N4O/c1-12-7-13(2)11-20(10-12)16(17-3)19-9-14-5-6-15(21-4)18-8-14/h5-6,8,12-13H,7,9-11H2,1-4H3,(H,17,19). The van der Waals surface area contributed by atoms with Crippen molar-refractivity contribution in [2.45, 2.75) is 26.8 Å². The molecule has 0 amide bonds. The highest BCUT2D eigenvalue weighted by Gasteiger charge is 2.23. The zero-order valence-corrected chi connectivity index (χ0v) is 13.5. The van der Waals surface area contributed by atoms with Crippen molar-refractivity contribution >= 4 is 5.96 Å². The molecular weight excluding hydrogens is 264 g/mol. The van der Waals surface area contributed by atoms with Crippen LogP contribution in [0.5, 0.6) is 5.88 Å². The van der Waals surface area contributed by atoms with E-state index < -0.39 is 0 Å². The molecule has 1 fully saturated rings. The lowest BCUT2D eigenvalue weighted by Crippen LogP contribution is -2.48. The Morgan fingerprint density at radius 2 is 2.10 bits per heavy atom. The molecule has 5 heteroatoms.